The highest BCUT2D eigenvalue weighted by Crippen LogP contribution is 2.59. The number of hydrogen-bond donors (Lipinski definition) is 0. The highest BCUT2D eigenvalue weighted by molar-refractivity contribution is 7.44. The molecule has 0 saturated carbocycles. The van der Waals surface area contributed by atoms with Gasteiger partial charge in [0.15, 0.2) is 9.40 Å². The predicted molar refractivity (Wildman–Crippen MR) is 70.1 cm³/mol. The van der Waals surface area contributed by atoms with Crippen molar-refractivity contribution in [1.29, 1.82) is 0 Å². The average Bonchev–Trinajstić information content (AvgIpc) is 2.69. The topological polar surface area (TPSA) is 0 Å². The molecule has 2 aromatic carbocycles. The quantitative estimate of drug-likeness (QED) is 0.369. The van der Waals surface area contributed by atoms with Crippen LogP contribution >= 0.6 is 10.5 Å². The highest BCUT2D eigenvalue weighted by Gasteiger charge is 2.69. The van der Waals surface area contributed by atoms with Crippen LogP contribution in [0.15, 0.2) is 36.4 Å². The minimum Gasteiger partial charge on any atom is -0.207 e. The number of halogens is 7. The molecule has 8 heteroatoms. The molecule has 1 aromatic heterocycles. The molecule has 0 fully saturated rings. The predicted octanol–water partition coefficient (Wildman–Crippen LogP) is 6.13. The molecule has 0 amide bonds. The Bertz CT molecular complexity index is 817. The molecule has 22 heavy (non-hydrogen) atoms. The minimum atomic E-state index is -5.83. The maximum atomic E-state index is 13.9. The van der Waals surface area contributed by atoms with Crippen LogP contribution in [0.4, 0.5) is 30.7 Å². The van der Waals surface area contributed by atoms with E-state index in [0.717, 1.165) is 24.3 Å². The van der Waals surface area contributed by atoms with Gasteiger partial charge in [-0.2, -0.15) is 13.2 Å². The maximum absolute atomic E-state index is 13.9. The summed E-state index contributed by atoms with van der Waals surface area (Å²) >= 11 is 0. The summed E-state index contributed by atoms with van der Waals surface area (Å²) < 4.78 is 91.7. The summed E-state index contributed by atoms with van der Waals surface area (Å²) in [5.74, 6) is -1.86. The lowest BCUT2D eigenvalue weighted by atomic mass is 10.1. The van der Waals surface area contributed by atoms with E-state index in [1.54, 1.807) is 0 Å². The summed E-state index contributed by atoms with van der Waals surface area (Å²) in [6.07, 6.45) is -5.83. The third-order valence-electron chi connectivity index (χ3n) is 3.20. The third-order valence-corrected chi connectivity index (χ3v) is 5.50. The summed E-state index contributed by atoms with van der Waals surface area (Å²) in [5.41, 5.74) is 0. The van der Waals surface area contributed by atoms with Crippen LogP contribution in [-0.4, -0.2) is 6.18 Å². The molecule has 0 saturated heterocycles. The lowest BCUT2D eigenvalue weighted by Gasteiger charge is -2.12. The Labute approximate surface area is 121 Å². The van der Waals surface area contributed by atoms with Crippen molar-refractivity contribution in [2.24, 2.45) is 0 Å². The van der Waals surface area contributed by atoms with Crippen LogP contribution in [0.5, 0.6) is 0 Å². The molecule has 0 bridgehead atoms. The van der Waals surface area contributed by atoms with Crippen LogP contribution in [-0.2, 0) is 5.25 Å². The molecule has 0 spiro atoms. The summed E-state index contributed by atoms with van der Waals surface area (Å²) in [5, 5.41) is -5.00. The third kappa shape index (κ3) is 2.05. The van der Waals surface area contributed by atoms with Gasteiger partial charge in [0.2, 0.25) is 0 Å². The zero-order valence-electron chi connectivity index (χ0n) is 10.5. The molecule has 0 aliphatic rings. The molecule has 3 aromatic rings. The van der Waals surface area contributed by atoms with Gasteiger partial charge >= 0.3 is 11.4 Å². The largest absolute Gasteiger partial charge is 0.530 e. The van der Waals surface area contributed by atoms with Crippen LogP contribution < -0.4 is 0 Å². The van der Waals surface area contributed by atoms with Gasteiger partial charge in [-0.25, -0.2) is 8.78 Å². The van der Waals surface area contributed by atoms with Crippen molar-refractivity contribution >= 4 is 30.6 Å². The fourth-order valence-electron chi connectivity index (χ4n) is 2.29. The lowest BCUT2D eigenvalue weighted by Crippen LogP contribution is -2.29. The van der Waals surface area contributed by atoms with Gasteiger partial charge in [0.05, 0.1) is 10.5 Å². The molecule has 0 N–H and O–H groups in total. The van der Waals surface area contributed by atoms with Crippen LogP contribution in [0, 0.1) is 11.6 Å². The fourth-order valence-corrected chi connectivity index (χ4v) is 4.56. The summed E-state index contributed by atoms with van der Waals surface area (Å²) in [6, 6.07) is 5.48. The monoisotopic (exact) mass is 339 g/mol. The second-order valence-electron chi connectivity index (χ2n) is 4.60. The second-order valence-corrected chi connectivity index (χ2v) is 6.61. The van der Waals surface area contributed by atoms with Crippen LogP contribution in [0.1, 0.15) is 0 Å². The first-order valence-corrected chi connectivity index (χ1v) is 7.14. The smallest absolute Gasteiger partial charge is 0.207 e. The van der Waals surface area contributed by atoms with Gasteiger partial charge < -0.3 is 0 Å². The number of benzene rings is 2. The average molecular weight is 339 g/mol. The van der Waals surface area contributed by atoms with Crippen molar-refractivity contribution < 1.29 is 30.7 Å². The fraction of sp³-hybridized carbons (Fsp3) is 0.143. The number of alkyl halides is 5. The van der Waals surface area contributed by atoms with Crippen LogP contribution in [0.25, 0.3) is 20.2 Å². The molecular formula is C14H6F7S+. The Balaban J connectivity index is 2.54. The summed E-state index contributed by atoms with van der Waals surface area (Å²) in [7, 11) is -2.82. The molecule has 0 nitrogen and oxygen atoms in total. The van der Waals surface area contributed by atoms with Crippen molar-refractivity contribution in [3.05, 3.63) is 48.0 Å². The lowest BCUT2D eigenvalue weighted by molar-refractivity contribution is -0.264. The van der Waals surface area contributed by atoms with Crippen molar-refractivity contribution in [1.82, 2.24) is 0 Å². The van der Waals surface area contributed by atoms with Gasteiger partial charge in [-0.3, -0.25) is 0 Å². The zero-order chi connectivity index (χ0) is 16.3. The first-order chi connectivity index (χ1) is 10.1. The number of thiophene rings is 1. The standard InChI is InChI=1S/C14H6F7S/c15-7-1-3-9-10-4-2-8(16)6-12(10)22(11(9)5-7)14(20,21)13(17,18)19/h1-6H/q+1. The summed E-state index contributed by atoms with van der Waals surface area (Å²) in [4.78, 5) is 0. The minimum absolute atomic E-state index is 0.0589. The van der Waals surface area contributed by atoms with Crippen LogP contribution in [0.2, 0.25) is 0 Å². The number of rotatable bonds is 1. The van der Waals surface area contributed by atoms with E-state index in [1.165, 1.54) is 0 Å². The van der Waals surface area contributed by atoms with E-state index >= 15 is 0 Å². The molecule has 1 heterocycles. The molecule has 0 radical (unpaired) electrons. The Morgan fingerprint density at radius 1 is 0.682 bits per heavy atom. The van der Waals surface area contributed by atoms with Gasteiger partial charge in [-0.05, 0) is 24.3 Å². The van der Waals surface area contributed by atoms with Gasteiger partial charge in [-0.1, -0.05) is 0 Å². The summed E-state index contributed by atoms with van der Waals surface area (Å²) in [6.45, 7) is 0. The second kappa shape index (κ2) is 4.58. The maximum Gasteiger partial charge on any atom is 0.530 e. The first kappa shape index (κ1) is 15.1. The molecule has 0 aliphatic carbocycles. The molecule has 3 rings (SSSR count). The van der Waals surface area contributed by atoms with E-state index in [0.29, 0.717) is 12.1 Å². The Morgan fingerprint density at radius 2 is 1.09 bits per heavy atom. The normalized spacial score (nSPS) is 13.2. The van der Waals surface area contributed by atoms with E-state index in [-0.39, 0.29) is 10.8 Å². The zero-order valence-corrected chi connectivity index (χ0v) is 11.3. The van der Waals surface area contributed by atoms with Crippen LogP contribution in [0.3, 0.4) is 0 Å². The molecule has 0 unspecified atom stereocenters. The van der Waals surface area contributed by atoms with E-state index in [2.05, 4.69) is 0 Å². The molecule has 0 aliphatic heterocycles. The van der Waals surface area contributed by atoms with E-state index in [9.17, 15) is 30.7 Å². The van der Waals surface area contributed by atoms with Crippen molar-refractivity contribution in [2.45, 2.75) is 11.4 Å². The Hall–Kier alpha value is -1.83. The van der Waals surface area contributed by atoms with E-state index in [4.69, 9.17) is 0 Å². The van der Waals surface area contributed by atoms with Gasteiger partial charge in [0.25, 0.3) is 0 Å². The van der Waals surface area contributed by atoms with E-state index in [1.807, 2.05) is 0 Å². The van der Waals surface area contributed by atoms with E-state index < -0.39 is 42.9 Å². The SMILES string of the molecule is Fc1ccc2c3ccc(F)cc3[s+](C(F)(F)C(F)(F)F)c2c1. The van der Waals surface area contributed by atoms with Gasteiger partial charge in [0.1, 0.15) is 11.6 Å². The Kier molecular flexibility index (Phi) is 3.14. The number of hydrogen-bond acceptors (Lipinski definition) is 0. The Morgan fingerprint density at radius 3 is 1.45 bits per heavy atom. The van der Waals surface area contributed by atoms with Crippen molar-refractivity contribution in [3.63, 3.8) is 0 Å². The highest BCUT2D eigenvalue weighted by atomic mass is 32.2. The van der Waals surface area contributed by atoms with Crippen molar-refractivity contribution in [2.75, 3.05) is 0 Å². The molecular weight excluding hydrogens is 333 g/mol. The van der Waals surface area contributed by atoms with Crippen molar-refractivity contribution in [3.8, 4) is 0 Å². The molecule has 116 valence electrons. The van der Waals surface area contributed by atoms with Gasteiger partial charge in [0, 0.05) is 22.9 Å². The first-order valence-electron chi connectivity index (χ1n) is 5.91. The number of fused-ring (bicyclic) bond motifs is 3. The molecule has 0 atom stereocenters. The van der Waals surface area contributed by atoms with Gasteiger partial charge in [-0.15, -0.1) is 8.78 Å².